The Morgan fingerprint density at radius 3 is 2.47 bits per heavy atom. The van der Waals surface area contributed by atoms with Gasteiger partial charge in [0.05, 0.1) is 23.5 Å². The van der Waals surface area contributed by atoms with E-state index in [0.29, 0.717) is 28.3 Å². The third-order valence-electron chi connectivity index (χ3n) is 6.29. The fourth-order valence-electron chi connectivity index (χ4n) is 4.36. The highest BCUT2D eigenvalue weighted by Gasteiger charge is 2.23. The summed E-state index contributed by atoms with van der Waals surface area (Å²) in [5.74, 6) is 1.60. The molecule has 2 saturated carbocycles. The smallest absolute Gasteiger partial charge is 0.137 e. The molecule has 2 heterocycles. The number of ether oxygens (including phenoxy) is 1. The van der Waals surface area contributed by atoms with Crippen molar-refractivity contribution in [1.82, 2.24) is 15.3 Å². The van der Waals surface area contributed by atoms with Gasteiger partial charge in [0.25, 0.3) is 0 Å². The second kappa shape index (κ2) is 11.0. The number of halogens is 2. The predicted molar refractivity (Wildman–Crippen MR) is 133 cm³/mol. The number of anilines is 2. The minimum absolute atomic E-state index is 0.378. The van der Waals surface area contributed by atoms with Gasteiger partial charge in [0.1, 0.15) is 11.0 Å². The lowest BCUT2D eigenvalue weighted by Crippen LogP contribution is -2.42. The number of rotatable bonds is 10. The summed E-state index contributed by atoms with van der Waals surface area (Å²) >= 11 is 13.0. The van der Waals surface area contributed by atoms with Gasteiger partial charge >= 0.3 is 0 Å². The van der Waals surface area contributed by atoms with E-state index in [4.69, 9.17) is 27.9 Å². The Labute approximate surface area is 200 Å². The summed E-state index contributed by atoms with van der Waals surface area (Å²) in [5, 5.41) is 11.7. The zero-order valence-corrected chi connectivity index (χ0v) is 20.3. The van der Waals surface area contributed by atoms with Crippen molar-refractivity contribution in [3.8, 4) is 11.1 Å². The van der Waals surface area contributed by atoms with Crippen LogP contribution in [0.2, 0.25) is 10.2 Å². The molecule has 8 heteroatoms. The second-order valence-electron chi connectivity index (χ2n) is 9.15. The molecule has 3 N–H and O–H groups in total. The van der Waals surface area contributed by atoms with Crippen LogP contribution in [0.4, 0.5) is 11.5 Å². The Morgan fingerprint density at radius 2 is 1.75 bits per heavy atom. The van der Waals surface area contributed by atoms with Crippen LogP contribution in [0.15, 0.2) is 24.5 Å². The van der Waals surface area contributed by atoms with Crippen LogP contribution < -0.4 is 16.0 Å². The molecule has 1 atom stereocenters. The number of nitrogens with one attached hydrogen (secondary N) is 3. The summed E-state index contributed by atoms with van der Waals surface area (Å²) in [5.41, 5.74) is 2.63. The van der Waals surface area contributed by atoms with Crippen LogP contribution in [0.25, 0.3) is 11.1 Å². The van der Waals surface area contributed by atoms with Crippen molar-refractivity contribution in [2.75, 3.05) is 30.9 Å². The van der Waals surface area contributed by atoms with Gasteiger partial charge in [-0.25, -0.2) is 9.97 Å². The van der Waals surface area contributed by atoms with Gasteiger partial charge in [0.15, 0.2) is 0 Å². The quantitative estimate of drug-likeness (QED) is 0.385. The third kappa shape index (κ3) is 6.47. The molecule has 4 rings (SSSR count). The van der Waals surface area contributed by atoms with Crippen molar-refractivity contribution in [2.24, 2.45) is 5.92 Å². The van der Waals surface area contributed by atoms with E-state index in [0.717, 1.165) is 67.4 Å². The third-order valence-corrected chi connectivity index (χ3v) is 6.89. The van der Waals surface area contributed by atoms with Crippen LogP contribution in [-0.4, -0.2) is 48.4 Å². The number of pyridine rings is 2. The average molecular weight is 478 g/mol. The summed E-state index contributed by atoms with van der Waals surface area (Å²) in [7, 11) is 1.75. The van der Waals surface area contributed by atoms with Gasteiger partial charge in [-0.15, -0.1) is 0 Å². The highest BCUT2D eigenvalue weighted by Crippen LogP contribution is 2.36. The van der Waals surface area contributed by atoms with Crippen LogP contribution >= 0.6 is 23.2 Å². The monoisotopic (exact) mass is 477 g/mol. The Bertz CT molecular complexity index is 900. The summed E-state index contributed by atoms with van der Waals surface area (Å²) in [6.07, 6.45) is 10.5. The highest BCUT2D eigenvalue weighted by molar-refractivity contribution is 6.36. The fraction of sp³-hybridized carbons (Fsp3) is 0.583. The molecule has 0 amide bonds. The first-order valence-electron chi connectivity index (χ1n) is 11.6. The van der Waals surface area contributed by atoms with Gasteiger partial charge in [0, 0.05) is 49.1 Å². The molecular weight excluding hydrogens is 445 g/mol. The first-order valence-corrected chi connectivity index (χ1v) is 12.3. The van der Waals surface area contributed by atoms with E-state index >= 15 is 0 Å². The van der Waals surface area contributed by atoms with Gasteiger partial charge in [-0.2, -0.15) is 0 Å². The van der Waals surface area contributed by atoms with Crippen LogP contribution in [0, 0.1) is 5.92 Å². The molecule has 0 aliphatic heterocycles. The second-order valence-corrected chi connectivity index (χ2v) is 9.92. The molecule has 0 aromatic carbocycles. The van der Waals surface area contributed by atoms with Gasteiger partial charge in [0.2, 0.25) is 0 Å². The molecule has 32 heavy (non-hydrogen) atoms. The lowest BCUT2D eigenvalue weighted by atomic mass is 9.90. The van der Waals surface area contributed by atoms with E-state index in [-0.39, 0.29) is 0 Å². The molecule has 2 fully saturated rings. The van der Waals surface area contributed by atoms with Crippen molar-refractivity contribution >= 4 is 34.7 Å². The van der Waals surface area contributed by atoms with Gasteiger partial charge in [-0.05, 0) is 63.5 Å². The van der Waals surface area contributed by atoms with Crippen LogP contribution in [0.3, 0.4) is 0 Å². The maximum Gasteiger partial charge on any atom is 0.137 e. The molecule has 2 aromatic rings. The largest absolute Gasteiger partial charge is 0.384 e. The number of hydrogen-bond acceptors (Lipinski definition) is 6. The molecule has 174 valence electrons. The maximum atomic E-state index is 6.51. The zero-order chi connectivity index (χ0) is 22.5. The van der Waals surface area contributed by atoms with E-state index in [1.807, 2.05) is 12.1 Å². The molecule has 1 unspecified atom stereocenters. The summed E-state index contributed by atoms with van der Waals surface area (Å²) in [4.78, 5) is 8.89. The Hall–Kier alpha value is -1.60. The van der Waals surface area contributed by atoms with Crippen molar-refractivity contribution < 1.29 is 4.74 Å². The normalized spacial score (nSPS) is 21.9. The SMILES string of the molecule is COCC(C)NC1CCC(Nc2cc(-c3cc(NCC4CC4)cnc3Cl)c(Cl)cn2)CC1. The highest BCUT2D eigenvalue weighted by atomic mass is 35.5. The number of methoxy groups -OCH3 is 1. The van der Waals surface area contributed by atoms with Crippen LogP contribution in [0.5, 0.6) is 0 Å². The van der Waals surface area contributed by atoms with E-state index in [1.54, 1.807) is 19.5 Å². The lowest BCUT2D eigenvalue weighted by Gasteiger charge is -2.32. The summed E-state index contributed by atoms with van der Waals surface area (Å²) < 4.78 is 5.23. The predicted octanol–water partition coefficient (Wildman–Crippen LogP) is 5.62. The van der Waals surface area contributed by atoms with E-state index in [9.17, 15) is 0 Å². The molecular formula is C24H33Cl2N5O. The molecule has 0 radical (unpaired) electrons. The lowest BCUT2D eigenvalue weighted by molar-refractivity contribution is 0.161. The van der Waals surface area contributed by atoms with Gasteiger partial charge in [-0.1, -0.05) is 23.2 Å². The molecule has 0 bridgehead atoms. The van der Waals surface area contributed by atoms with E-state index < -0.39 is 0 Å². The molecule has 2 aliphatic rings. The summed E-state index contributed by atoms with van der Waals surface area (Å²) in [6.45, 7) is 3.88. The topological polar surface area (TPSA) is 71.1 Å². The standard InChI is InChI=1S/C24H33Cl2N5O/c1-15(14-32-2)30-17-5-7-18(8-6-17)31-23-10-20(22(25)13-28-23)21-9-19(12-29-24(21)26)27-11-16-3-4-16/h9-10,12-13,15-18,27,30H,3-8,11,14H2,1-2H3,(H,28,31). The fourth-order valence-corrected chi connectivity index (χ4v) is 4.77. The number of aromatic nitrogens is 2. The Kier molecular flexibility index (Phi) is 8.11. The van der Waals surface area contributed by atoms with Crippen molar-refractivity contribution in [1.29, 1.82) is 0 Å². The number of hydrogen-bond donors (Lipinski definition) is 3. The molecule has 6 nitrogen and oxygen atoms in total. The minimum Gasteiger partial charge on any atom is -0.384 e. The van der Waals surface area contributed by atoms with E-state index in [2.05, 4.69) is 32.8 Å². The van der Waals surface area contributed by atoms with Crippen molar-refractivity contribution in [3.63, 3.8) is 0 Å². The Morgan fingerprint density at radius 1 is 1.00 bits per heavy atom. The molecule has 0 saturated heterocycles. The average Bonchev–Trinajstić information content (AvgIpc) is 3.61. The first kappa shape index (κ1) is 23.6. The molecule has 0 spiro atoms. The Balaban J connectivity index is 1.39. The summed E-state index contributed by atoms with van der Waals surface area (Å²) in [6, 6.07) is 5.33. The molecule has 2 aliphatic carbocycles. The van der Waals surface area contributed by atoms with Gasteiger partial charge < -0.3 is 20.7 Å². The minimum atomic E-state index is 0.378. The zero-order valence-electron chi connectivity index (χ0n) is 18.8. The van der Waals surface area contributed by atoms with Crippen LogP contribution in [-0.2, 0) is 4.74 Å². The van der Waals surface area contributed by atoms with Crippen molar-refractivity contribution in [3.05, 3.63) is 34.7 Å². The number of nitrogens with zero attached hydrogens (tertiary/aromatic N) is 2. The van der Waals surface area contributed by atoms with E-state index in [1.165, 1.54) is 12.8 Å². The van der Waals surface area contributed by atoms with Gasteiger partial charge in [-0.3, -0.25) is 0 Å². The van der Waals surface area contributed by atoms with Crippen LogP contribution in [0.1, 0.15) is 45.4 Å². The maximum absolute atomic E-state index is 6.51. The first-order chi connectivity index (χ1) is 15.5. The van der Waals surface area contributed by atoms with Crippen molar-refractivity contribution in [2.45, 2.75) is 63.6 Å². The molecule has 2 aromatic heterocycles.